The van der Waals surface area contributed by atoms with Crippen LogP contribution in [0.5, 0.6) is 0 Å². The maximum Gasteiger partial charge on any atom is 0.286 e. The molecule has 7 heteroatoms. The lowest BCUT2D eigenvalue weighted by molar-refractivity contribution is 0.346. The van der Waals surface area contributed by atoms with Gasteiger partial charge in [-0.2, -0.15) is 0 Å². The van der Waals surface area contributed by atoms with Crippen molar-refractivity contribution in [2.75, 3.05) is 14.1 Å². The molecule has 0 amide bonds. The van der Waals surface area contributed by atoms with Crippen LogP contribution in [0.3, 0.4) is 0 Å². The summed E-state index contributed by atoms with van der Waals surface area (Å²) < 4.78 is 28.8. The zero-order valence-corrected chi connectivity index (χ0v) is 10.8. The van der Waals surface area contributed by atoms with E-state index in [1.54, 1.807) is 20.2 Å². The van der Waals surface area contributed by atoms with Crippen LogP contribution in [0, 0.1) is 0 Å². The highest BCUT2D eigenvalue weighted by atomic mass is 32.2. The van der Waals surface area contributed by atoms with Crippen LogP contribution in [0.4, 0.5) is 0 Å². The molecule has 0 unspecified atom stereocenters. The minimum Gasteiger partial charge on any atom is -0.447 e. The highest BCUT2D eigenvalue weighted by Gasteiger charge is 2.22. The Labute approximate surface area is 101 Å². The van der Waals surface area contributed by atoms with E-state index in [0.717, 1.165) is 0 Å². The first-order valence-corrected chi connectivity index (χ1v) is 6.97. The van der Waals surface area contributed by atoms with Gasteiger partial charge >= 0.3 is 0 Å². The molecule has 1 heterocycles. The third-order valence-electron chi connectivity index (χ3n) is 2.35. The van der Waals surface area contributed by atoms with Gasteiger partial charge in [0.2, 0.25) is 5.09 Å². The molecule has 2 N–H and O–H groups in total. The lowest BCUT2D eigenvalue weighted by Gasteiger charge is -2.10. The Bertz CT molecular complexity index is 477. The van der Waals surface area contributed by atoms with Gasteiger partial charge in [0.05, 0.1) is 6.54 Å². The molecule has 6 nitrogen and oxygen atoms in total. The van der Waals surface area contributed by atoms with Crippen molar-refractivity contribution in [3.8, 4) is 0 Å². The van der Waals surface area contributed by atoms with Crippen molar-refractivity contribution in [1.82, 2.24) is 15.2 Å². The van der Waals surface area contributed by atoms with E-state index >= 15 is 0 Å². The van der Waals surface area contributed by atoms with Crippen LogP contribution in [0.25, 0.3) is 0 Å². The van der Waals surface area contributed by atoms with Crippen LogP contribution < -0.4 is 10.1 Å². The van der Waals surface area contributed by atoms with Gasteiger partial charge in [-0.1, -0.05) is 0 Å². The molecule has 2 rings (SSSR count). The fraction of sp³-hybridized carbons (Fsp3) is 0.600. The summed E-state index contributed by atoms with van der Waals surface area (Å²) in [5.74, 6) is 0.635. The normalized spacial score (nSPS) is 16.6. The first-order chi connectivity index (χ1) is 7.97. The summed E-state index contributed by atoms with van der Waals surface area (Å²) in [5, 5.41) is 4.56. The summed E-state index contributed by atoms with van der Waals surface area (Å²) in [6, 6.07) is 3.72. The lowest BCUT2D eigenvalue weighted by Crippen LogP contribution is -2.35. The van der Waals surface area contributed by atoms with Gasteiger partial charge in [-0.15, -0.1) is 4.83 Å². The SMILES string of the molecule is CN(C)NS(=O)(=O)c1ccc(CNC2CC2)o1. The second-order valence-corrected chi connectivity index (χ2v) is 5.96. The first kappa shape index (κ1) is 12.6. The second kappa shape index (κ2) is 4.77. The van der Waals surface area contributed by atoms with Crippen LogP contribution in [0.2, 0.25) is 0 Å². The van der Waals surface area contributed by atoms with Gasteiger partial charge < -0.3 is 9.73 Å². The molecule has 1 saturated carbocycles. The average molecular weight is 259 g/mol. The topological polar surface area (TPSA) is 74.6 Å². The standard InChI is InChI=1S/C10H17N3O3S/c1-13(2)12-17(14,15)10-6-5-9(16-10)7-11-8-3-4-8/h5-6,8,11-12H,3-4,7H2,1-2H3. The average Bonchev–Trinajstić information content (AvgIpc) is 2.90. The van der Waals surface area contributed by atoms with E-state index in [2.05, 4.69) is 10.1 Å². The van der Waals surface area contributed by atoms with Crippen LogP contribution in [-0.4, -0.2) is 33.6 Å². The first-order valence-electron chi connectivity index (χ1n) is 5.49. The maximum atomic E-state index is 11.7. The lowest BCUT2D eigenvalue weighted by atomic mass is 10.4. The van der Waals surface area contributed by atoms with E-state index < -0.39 is 10.0 Å². The third-order valence-corrected chi connectivity index (χ3v) is 3.70. The summed E-state index contributed by atoms with van der Waals surface area (Å²) in [7, 11) is -0.366. The number of nitrogens with one attached hydrogen (secondary N) is 2. The van der Waals surface area contributed by atoms with E-state index in [-0.39, 0.29) is 5.09 Å². The van der Waals surface area contributed by atoms with Crippen molar-refractivity contribution < 1.29 is 12.8 Å². The van der Waals surface area contributed by atoms with Crippen LogP contribution >= 0.6 is 0 Å². The fourth-order valence-electron chi connectivity index (χ4n) is 1.42. The van der Waals surface area contributed by atoms with Crippen molar-refractivity contribution in [1.29, 1.82) is 0 Å². The van der Waals surface area contributed by atoms with E-state index in [4.69, 9.17) is 4.42 Å². The highest BCUT2D eigenvalue weighted by molar-refractivity contribution is 7.89. The Morgan fingerprint density at radius 1 is 1.41 bits per heavy atom. The number of hydrogen-bond donors (Lipinski definition) is 2. The predicted molar refractivity (Wildman–Crippen MR) is 62.6 cm³/mol. The molecule has 1 fully saturated rings. The van der Waals surface area contributed by atoms with Gasteiger partial charge in [-0.25, -0.2) is 13.4 Å². The van der Waals surface area contributed by atoms with Gasteiger partial charge in [-0.05, 0) is 25.0 Å². The number of sulfonamides is 1. The Morgan fingerprint density at radius 2 is 2.12 bits per heavy atom. The molecule has 0 spiro atoms. The number of furan rings is 1. The molecule has 1 aliphatic carbocycles. The Hall–Kier alpha value is -0.890. The van der Waals surface area contributed by atoms with E-state index in [1.165, 1.54) is 23.9 Å². The summed E-state index contributed by atoms with van der Waals surface area (Å²) >= 11 is 0. The molecular formula is C10H17N3O3S. The smallest absolute Gasteiger partial charge is 0.286 e. The molecular weight excluding hydrogens is 242 g/mol. The second-order valence-electron chi connectivity index (χ2n) is 4.37. The van der Waals surface area contributed by atoms with Crippen molar-refractivity contribution in [3.05, 3.63) is 17.9 Å². The zero-order chi connectivity index (χ0) is 12.5. The number of rotatable bonds is 6. The molecule has 1 aromatic heterocycles. The summed E-state index contributed by atoms with van der Waals surface area (Å²) in [4.78, 5) is 2.32. The van der Waals surface area contributed by atoms with Crippen LogP contribution in [-0.2, 0) is 16.6 Å². The molecule has 0 bridgehead atoms. The van der Waals surface area contributed by atoms with Gasteiger partial charge in [0.15, 0.2) is 0 Å². The number of nitrogens with zero attached hydrogens (tertiary/aromatic N) is 1. The molecule has 0 saturated heterocycles. The minimum atomic E-state index is -3.58. The molecule has 0 atom stereocenters. The van der Waals surface area contributed by atoms with E-state index in [9.17, 15) is 8.42 Å². The summed E-state index contributed by atoms with van der Waals surface area (Å²) in [5.41, 5.74) is 0. The largest absolute Gasteiger partial charge is 0.447 e. The van der Waals surface area contributed by atoms with Crippen molar-refractivity contribution in [3.63, 3.8) is 0 Å². The molecule has 0 radical (unpaired) electrons. The van der Waals surface area contributed by atoms with E-state index in [0.29, 0.717) is 18.3 Å². The highest BCUT2D eigenvalue weighted by Crippen LogP contribution is 2.20. The Kier molecular flexibility index (Phi) is 3.53. The molecule has 17 heavy (non-hydrogen) atoms. The van der Waals surface area contributed by atoms with Gasteiger partial charge in [0, 0.05) is 20.1 Å². The molecule has 1 aromatic rings. The quantitative estimate of drug-likeness (QED) is 0.718. The number of hydrogen-bond acceptors (Lipinski definition) is 5. The molecule has 1 aliphatic rings. The Balaban J connectivity index is 2.00. The fourth-order valence-corrected chi connectivity index (χ4v) is 2.45. The summed E-state index contributed by atoms with van der Waals surface area (Å²) in [6.07, 6.45) is 2.38. The number of hydrazine groups is 1. The molecule has 96 valence electrons. The van der Waals surface area contributed by atoms with Gasteiger partial charge in [0.25, 0.3) is 10.0 Å². The minimum absolute atomic E-state index is 0.0567. The van der Waals surface area contributed by atoms with Crippen molar-refractivity contribution >= 4 is 10.0 Å². The zero-order valence-electron chi connectivity index (χ0n) is 9.93. The van der Waals surface area contributed by atoms with E-state index in [1.807, 2.05) is 0 Å². The maximum absolute atomic E-state index is 11.7. The van der Waals surface area contributed by atoms with Gasteiger partial charge in [0.1, 0.15) is 5.76 Å². The van der Waals surface area contributed by atoms with Crippen LogP contribution in [0.1, 0.15) is 18.6 Å². The molecule has 0 aliphatic heterocycles. The Morgan fingerprint density at radius 3 is 2.71 bits per heavy atom. The third kappa shape index (κ3) is 3.53. The monoisotopic (exact) mass is 259 g/mol. The van der Waals surface area contributed by atoms with Crippen molar-refractivity contribution in [2.45, 2.75) is 30.5 Å². The molecule has 0 aromatic carbocycles. The summed E-state index contributed by atoms with van der Waals surface area (Å²) in [6.45, 7) is 0.572. The van der Waals surface area contributed by atoms with Crippen LogP contribution in [0.15, 0.2) is 21.6 Å². The van der Waals surface area contributed by atoms with Gasteiger partial charge in [-0.3, -0.25) is 0 Å². The van der Waals surface area contributed by atoms with Crippen molar-refractivity contribution in [2.24, 2.45) is 0 Å². The predicted octanol–water partition coefficient (Wildman–Crippen LogP) is 0.286.